The van der Waals surface area contributed by atoms with Crippen molar-refractivity contribution in [2.45, 2.75) is 199 Å². The van der Waals surface area contributed by atoms with Gasteiger partial charge in [0.1, 0.15) is 28.2 Å². The predicted octanol–water partition coefficient (Wildman–Crippen LogP) is 20.1. The first kappa shape index (κ1) is 63.0. The fraction of sp³-hybridized carbons (Fsp3) is 0.457. The molecule has 4 heterocycles. The lowest BCUT2D eigenvalue weighted by Crippen LogP contribution is -2.33. The number of aryl methyl sites for hydroxylation is 13. The number of aromatic nitrogens is 4. The summed E-state index contributed by atoms with van der Waals surface area (Å²) in [4.78, 5) is 0. The Labute approximate surface area is 534 Å². The van der Waals surface area contributed by atoms with Crippen molar-refractivity contribution in [2.24, 2.45) is 51.9 Å². The lowest BCUT2D eigenvalue weighted by atomic mass is 9.88. The fourth-order valence-electron chi connectivity index (χ4n) is 10.7. The quantitative estimate of drug-likeness (QED) is 0.108. The van der Waals surface area contributed by atoms with Gasteiger partial charge in [-0.2, -0.15) is 0 Å². The molecular weight excluding hydrogens is 1030 g/mol. The second-order valence-corrected chi connectivity index (χ2v) is 25.6. The highest BCUT2D eigenvalue weighted by atomic mass is 14.9. The van der Waals surface area contributed by atoms with E-state index in [0.29, 0.717) is 34.4 Å². The van der Waals surface area contributed by atoms with Gasteiger partial charge in [0, 0.05) is 79.7 Å². The van der Waals surface area contributed by atoms with Crippen LogP contribution in [0.5, 0.6) is 0 Å². The first-order chi connectivity index (χ1) is 41.1. The van der Waals surface area contributed by atoms with Gasteiger partial charge >= 0.3 is 0 Å². The van der Waals surface area contributed by atoms with Gasteiger partial charge in [0.2, 0.25) is 22.8 Å². The molecule has 0 aliphatic rings. The smallest absolute Gasteiger partial charge is 0.201 e. The van der Waals surface area contributed by atoms with E-state index in [1.807, 2.05) is 77.7 Å². The van der Waals surface area contributed by atoms with E-state index in [-0.39, 0.29) is 41.0 Å². The summed E-state index contributed by atoms with van der Waals surface area (Å²) < 4.78 is 70.5. The van der Waals surface area contributed by atoms with Crippen LogP contribution in [0.25, 0.3) is 45.0 Å². The second kappa shape index (κ2) is 34.0. The van der Waals surface area contributed by atoms with Crippen molar-refractivity contribution < 1.29 is 29.2 Å². The third kappa shape index (κ3) is 21.7. The molecule has 8 aromatic rings. The number of pyridine rings is 4. The number of hydrogen-bond donors (Lipinski definition) is 0. The maximum Gasteiger partial charge on any atom is 0.212 e. The van der Waals surface area contributed by atoms with Gasteiger partial charge in [0.05, 0.1) is 0 Å². The number of nitrogens with zero attached hydrogens (tertiary/aromatic N) is 4. The van der Waals surface area contributed by atoms with Gasteiger partial charge in [-0.25, -0.2) is 18.3 Å². The Bertz CT molecular complexity index is 3670. The Hall–Kier alpha value is -6.52. The average molecular weight is 1160 g/mol. The van der Waals surface area contributed by atoms with E-state index in [1.54, 1.807) is 24.3 Å². The first-order valence-electron chi connectivity index (χ1n) is 33.5. The van der Waals surface area contributed by atoms with Crippen LogP contribution in [0.15, 0.2) is 134 Å². The molecule has 0 aliphatic heterocycles. The van der Waals surface area contributed by atoms with E-state index in [2.05, 4.69) is 203 Å². The zero-order valence-electron chi connectivity index (χ0n) is 61.9. The van der Waals surface area contributed by atoms with Crippen LogP contribution in [-0.2, 0) is 59.2 Å². The van der Waals surface area contributed by atoms with Crippen molar-refractivity contribution in [2.75, 3.05) is 0 Å². The Kier molecular flexibility index (Phi) is 25.2. The molecule has 0 N–H and O–H groups in total. The fourth-order valence-corrected chi connectivity index (χ4v) is 10.7. The van der Waals surface area contributed by atoms with Crippen molar-refractivity contribution in [3.05, 3.63) is 212 Å². The van der Waals surface area contributed by atoms with E-state index in [0.717, 1.165) is 58.5 Å². The standard InChI is InChI=1S/C21H30N.2C19H26N.C18H24N.4CH4/c1-15(2)11-18-13-21(20-10-8-7-9-17(20)5)22(6)14-19(18)12-16(3)4;2*1-13(2)9-17-12-20(6)19(11-15(17)4)18-8-7-14(3)10-16(18)5;1-13-7-9-16(14(2)11-13)17-10-8-15(12-19(17)6)18(3,4)5;;;;/h7-10,13-16H,11-12H2,1-6H3;2*7-8,10-13H,9H2,1-6H3;7-12H,1-6H3;4*1H4/q4*+1;;;;/i;3D3,9D2;;1D3;;;;. The molecule has 4 nitrogen and oxygen atoms in total. The van der Waals surface area contributed by atoms with Gasteiger partial charge in [0.25, 0.3) is 0 Å². The second-order valence-electron chi connectivity index (χ2n) is 25.6. The molecule has 0 amide bonds. The minimum absolute atomic E-state index is 0. The SMILES string of the molecule is C.C.C.C.Cc1ccc(-c2cc(C)c(CC(C)C)c[n+]2C)c(C)c1.Cc1ccccc1-c1cc(CC(C)C)c(CC(C)C)c[n+]1C.[2H]C([2H])([2H])c1ccc(-c2cc(C)c(C([2H])([2H])C(C)C)c[n+]2C)c(C)c1.[2H]C([2H])([2H])c1ccc(-c2ccc(C(C)(C)C)c[n+]2C)c(C)c1. The van der Waals surface area contributed by atoms with Gasteiger partial charge < -0.3 is 0 Å². The summed E-state index contributed by atoms with van der Waals surface area (Å²) in [6.45, 7) is 34.5. The maximum atomic E-state index is 8.36. The van der Waals surface area contributed by atoms with Crippen LogP contribution in [0.3, 0.4) is 0 Å². The van der Waals surface area contributed by atoms with Crippen LogP contribution in [0, 0.1) is 85.8 Å². The highest BCUT2D eigenvalue weighted by Gasteiger charge is 2.22. The third-order valence-corrected chi connectivity index (χ3v) is 14.9. The Balaban J connectivity index is 0.000000613. The molecule has 4 aromatic heterocycles. The number of benzene rings is 4. The highest BCUT2D eigenvalue weighted by molar-refractivity contribution is 5.65. The summed E-state index contributed by atoms with van der Waals surface area (Å²) in [7, 11) is 8.25. The molecule has 0 spiro atoms. The summed E-state index contributed by atoms with van der Waals surface area (Å²) in [5.41, 5.74) is 24.8. The lowest BCUT2D eigenvalue weighted by molar-refractivity contribution is -0.661. The number of rotatable bonds is 12. The highest BCUT2D eigenvalue weighted by Crippen LogP contribution is 2.29. The van der Waals surface area contributed by atoms with E-state index in [9.17, 15) is 0 Å². The Morgan fingerprint density at radius 1 is 0.365 bits per heavy atom. The van der Waals surface area contributed by atoms with Gasteiger partial charge in [-0.05, 0) is 186 Å². The monoisotopic (exact) mass is 1160 g/mol. The topological polar surface area (TPSA) is 15.5 Å². The lowest BCUT2D eigenvalue weighted by Gasteiger charge is -2.17. The van der Waals surface area contributed by atoms with Crippen LogP contribution in [-0.4, -0.2) is 0 Å². The molecule has 85 heavy (non-hydrogen) atoms. The van der Waals surface area contributed by atoms with Gasteiger partial charge in [-0.3, -0.25) is 0 Å². The van der Waals surface area contributed by atoms with Crippen LogP contribution >= 0.6 is 0 Å². The normalized spacial score (nSPS) is 12.7. The van der Waals surface area contributed by atoms with E-state index in [4.69, 9.17) is 11.0 Å². The van der Waals surface area contributed by atoms with Gasteiger partial charge in [-0.15, -0.1) is 0 Å². The maximum absolute atomic E-state index is 8.36. The first-order valence-corrected chi connectivity index (χ1v) is 29.5. The molecule has 462 valence electrons. The van der Waals surface area contributed by atoms with Crippen LogP contribution in [0.4, 0.5) is 0 Å². The molecule has 0 saturated heterocycles. The Morgan fingerprint density at radius 2 is 0.741 bits per heavy atom. The van der Waals surface area contributed by atoms with Crippen molar-refractivity contribution in [1.29, 1.82) is 0 Å². The van der Waals surface area contributed by atoms with Crippen molar-refractivity contribution in [3.8, 4) is 45.0 Å². The molecule has 0 unspecified atom stereocenters. The van der Waals surface area contributed by atoms with Crippen LogP contribution in [0.2, 0.25) is 0 Å². The van der Waals surface area contributed by atoms with Crippen LogP contribution < -0.4 is 18.3 Å². The van der Waals surface area contributed by atoms with Crippen molar-refractivity contribution in [1.82, 2.24) is 0 Å². The summed E-state index contributed by atoms with van der Waals surface area (Å²) in [6, 6.07) is 36.9. The molecule has 0 radical (unpaired) electrons. The molecule has 4 heteroatoms. The summed E-state index contributed by atoms with van der Waals surface area (Å²) in [5.74, 6) is 1.94. The molecule has 0 atom stereocenters. The number of hydrogen-bond acceptors (Lipinski definition) is 0. The summed E-state index contributed by atoms with van der Waals surface area (Å²) >= 11 is 0. The molecule has 0 bridgehead atoms. The summed E-state index contributed by atoms with van der Waals surface area (Å²) in [6.07, 6.45) is 10.7. The largest absolute Gasteiger partial charge is 0.212 e. The molecule has 0 aliphatic carbocycles. The van der Waals surface area contributed by atoms with E-state index < -0.39 is 20.1 Å². The van der Waals surface area contributed by atoms with Gasteiger partial charge in [0.15, 0.2) is 24.8 Å². The molecule has 0 saturated carbocycles. The van der Waals surface area contributed by atoms with Crippen molar-refractivity contribution >= 4 is 0 Å². The molecule has 4 aromatic carbocycles. The molecular formula is C81H122N4+4. The molecule has 8 rings (SSSR count). The minimum Gasteiger partial charge on any atom is -0.201 e. The van der Waals surface area contributed by atoms with Gasteiger partial charge in [-0.1, -0.05) is 177 Å². The molecule has 0 fully saturated rings. The zero-order valence-corrected chi connectivity index (χ0v) is 53.9. The third-order valence-electron chi connectivity index (χ3n) is 14.9. The zero-order chi connectivity index (χ0) is 67.0. The summed E-state index contributed by atoms with van der Waals surface area (Å²) in [5, 5.41) is 0. The predicted molar refractivity (Wildman–Crippen MR) is 375 cm³/mol. The minimum atomic E-state index is -2.11. The van der Waals surface area contributed by atoms with E-state index in [1.165, 1.54) is 67.0 Å². The van der Waals surface area contributed by atoms with E-state index >= 15 is 0 Å². The Morgan fingerprint density at radius 3 is 1.18 bits per heavy atom. The van der Waals surface area contributed by atoms with Crippen LogP contribution in [0.1, 0.15) is 195 Å². The average Bonchev–Trinajstić information content (AvgIpc) is 0.821. The van der Waals surface area contributed by atoms with Crippen molar-refractivity contribution in [3.63, 3.8) is 0 Å².